The molecule has 3 aromatic rings. The topological polar surface area (TPSA) is 61.4 Å². The van der Waals surface area contributed by atoms with E-state index in [9.17, 15) is 13.6 Å². The molecule has 160 valence electrons. The highest BCUT2D eigenvalue weighted by Gasteiger charge is 2.19. The van der Waals surface area contributed by atoms with Gasteiger partial charge in [-0.1, -0.05) is 17.8 Å². The second-order valence-corrected chi connectivity index (χ2v) is 8.01. The summed E-state index contributed by atoms with van der Waals surface area (Å²) in [4.78, 5) is 25.1. The lowest BCUT2D eigenvalue weighted by Gasteiger charge is -2.36. The maximum Gasteiger partial charge on any atom is 0.234 e. The van der Waals surface area contributed by atoms with E-state index < -0.39 is 5.82 Å². The molecule has 6 nitrogen and oxygen atoms in total. The fourth-order valence-electron chi connectivity index (χ4n) is 3.33. The Labute approximate surface area is 183 Å². The number of aromatic nitrogens is 2. The first-order valence-electron chi connectivity index (χ1n) is 9.82. The maximum atomic E-state index is 13.2. The van der Waals surface area contributed by atoms with E-state index in [2.05, 4.69) is 25.1 Å². The number of halogens is 2. The fraction of sp³-hybridized carbons (Fsp3) is 0.227. The van der Waals surface area contributed by atoms with Crippen LogP contribution < -0.4 is 15.1 Å². The summed E-state index contributed by atoms with van der Waals surface area (Å²) in [5, 5.41) is 3.37. The van der Waals surface area contributed by atoms with Gasteiger partial charge in [-0.05, 0) is 42.5 Å². The Kier molecular flexibility index (Phi) is 6.61. The molecule has 9 heteroatoms. The molecule has 1 N–H and O–H groups in total. The molecule has 1 aliphatic heterocycles. The molecule has 2 aromatic carbocycles. The van der Waals surface area contributed by atoms with Crippen molar-refractivity contribution >= 4 is 34.9 Å². The molecule has 2 heterocycles. The summed E-state index contributed by atoms with van der Waals surface area (Å²) in [6.07, 6.45) is 1.49. The van der Waals surface area contributed by atoms with Crippen LogP contribution >= 0.6 is 11.8 Å². The number of carbonyl (C=O) groups excluding carboxylic acids is 1. The Hall–Kier alpha value is -3.20. The Bertz CT molecular complexity index is 1040. The monoisotopic (exact) mass is 441 g/mol. The number of benzene rings is 2. The minimum absolute atomic E-state index is 0.158. The molecule has 0 radical (unpaired) electrons. The highest BCUT2D eigenvalue weighted by atomic mass is 32.2. The first-order valence-corrected chi connectivity index (χ1v) is 10.8. The number of piperazine rings is 1. The van der Waals surface area contributed by atoms with Gasteiger partial charge in [-0.25, -0.2) is 18.7 Å². The van der Waals surface area contributed by atoms with Gasteiger partial charge in [0.05, 0.1) is 5.75 Å². The van der Waals surface area contributed by atoms with Crippen molar-refractivity contribution in [3.05, 3.63) is 72.6 Å². The van der Waals surface area contributed by atoms with E-state index >= 15 is 0 Å². The van der Waals surface area contributed by atoms with Gasteiger partial charge >= 0.3 is 0 Å². The van der Waals surface area contributed by atoms with Gasteiger partial charge in [-0.2, -0.15) is 0 Å². The molecule has 1 fully saturated rings. The molecule has 0 spiro atoms. The summed E-state index contributed by atoms with van der Waals surface area (Å²) in [6.45, 7) is 3.15. The van der Waals surface area contributed by atoms with Gasteiger partial charge in [0.2, 0.25) is 5.91 Å². The van der Waals surface area contributed by atoms with Crippen LogP contribution in [0, 0.1) is 11.6 Å². The molecule has 1 saturated heterocycles. The number of hydrogen-bond donors (Lipinski definition) is 1. The first kappa shape index (κ1) is 21.0. The number of anilines is 3. The van der Waals surface area contributed by atoms with Crippen LogP contribution in [0.15, 0.2) is 66.0 Å². The zero-order valence-electron chi connectivity index (χ0n) is 16.7. The number of nitrogens with one attached hydrogen (secondary N) is 1. The summed E-state index contributed by atoms with van der Waals surface area (Å²) in [5.41, 5.74) is 1.43. The molecule has 0 atom stereocenters. The van der Waals surface area contributed by atoms with Crippen molar-refractivity contribution in [2.45, 2.75) is 5.03 Å². The quantitative estimate of drug-likeness (QED) is 0.464. The average molecular weight is 442 g/mol. The van der Waals surface area contributed by atoms with Crippen LogP contribution in [-0.4, -0.2) is 47.8 Å². The Morgan fingerprint density at radius 1 is 0.935 bits per heavy atom. The molecule has 1 aliphatic rings. The van der Waals surface area contributed by atoms with Crippen LogP contribution in [0.1, 0.15) is 0 Å². The van der Waals surface area contributed by atoms with Gasteiger partial charge in [-0.3, -0.25) is 4.79 Å². The third-order valence-electron chi connectivity index (χ3n) is 4.88. The maximum absolute atomic E-state index is 13.2. The van der Waals surface area contributed by atoms with Crippen molar-refractivity contribution in [2.75, 3.05) is 47.0 Å². The lowest BCUT2D eigenvalue weighted by atomic mass is 10.2. The van der Waals surface area contributed by atoms with Gasteiger partial charge in [0.15, 0.2) is 0 Å². The Morgan fingerprint density at radius 3 is 2.42 bits per heavy atom. The molecular weight excluding hydrogens is 420 g/mol. The van der Waals surface area contributed by atoms with E-state index in [0.29, 0.717) is 10.7 Å². The van der Waals surface area contributed by atoms with Crippen LogP contribution in [-0.2, 0) is 4.79 Å². The normalized spacial score (nSPS) is 13.9. The van der Waals surface area contributed by atoms with Crippen molar-refractivity contribution < 1.29 is 13.6 Å². The second kappa shape index (κ2) is 9.74. The number of thioether (sulfide) groups is 1. The molecule has 0 bridgehead atoms. The molecule has 31 heavy (non-hydrogen) atoms. The SMILES string of the molecule is O=C(CSc1cc(N2CCN(c3ccc(F)cc3)CC2)ncn1)Nc1cccc(F)c1. The summed E-state index contributed by atoms with van der Waals surface area (Å²) >= 11 is 1.30. The van der Waals surface area contributed by atoms with E-state index in [1.165, 1.54) is 42.4 Å². The smallest absolute Gasteiger partial charge is 0.234 e. The van der Waals surface area contributed by atoms with Gasteiger partial charge in [-0.15, -0.1) is 0 Å². The van der Waals surface area contributed by atoms with Crippen LogP contribution in [0.25, 0.3) is 0 Å². The van der Waals surface area contributed by atoms with Gasteiger partial charge in [0.25, 0.3) is 0 Å². The number of carbonyl (C=O) groups is 1. The third-order valence-corrected chi connectivity index (χ3v) is 5.81. The third kappa shape index (κ3) is 5.69. The van der Waals surface area contributed by atoms with Gasteiger partial charge < -0.3 is 15.1 Å². The number of nitrogens with zero attached hydrogens (tertiary/aromatic N) is 4. The lowest BCUT2D eigenvalue weighted by Crippen LogP contribution is -2.46. The van der Waals surface area contributed by atoms with Gasteiger partial charge in [0.1, 0.15) is 28.8 Å². The van der Waals surface area contributed by atoms with Crippen LogP contribution in [0.3, 0.4) is 0 Å². The van der Waals surface area contributed by atoms with Crippen molar-refractivity contribution in [3.63, 3.8) is 0 Å². The molecule has 0 unspecified atom stereocenters. The van der Waals surface area contributed by atoms with Crippen LogP contribution in [0.2, 0.25) is 0 Å². The van der Waals surface area contributed by atoms with E-state index in [-0.39, 0.29) is 17.5 Å². The second-order valence-electron chi connectivity index (χ2n) is 7.01. The van der Waals surface area contributed by atoms with E-state index in [4.69, 9.17) is 0 Å². The lowest BCUT2D eigenvalue weighted by molar-refractivity contribution is -0.113. The molecular formula is C22H21F2N5OS. The zero-order chi connectivity index (χ0) is 21.6. The van der Waals surface area contributed by atoms with Crippen molar-refractivity contribution in [1.29, 1.82) is 0 Å². The molecule has 0 aliphatic carbocycles. The Morgan fingerprint density at radius 2 is 1.68 bits per heavy atom. The average Bonchev–Trinajstić information content (AvgIpc) is 2.79. The van der Waals surface area contributed by atoms with Crippen LogP contribution in [0.5, 0.6) is 0 Å². The van der Waals surface area contributed by atoms with Crippen LogP contribution in [0.4, 0.5) is 26.0 Å². The minimum atomic E-state index is -0.398. The molecule has 4 rings (SSSR count). The predicted molar refractivity (Wildman–Crippen MR) is 119 cm³/mol. The first-order chi connectivity index (χ1) is 15.1. The summed E-state index contributed by atoms with van der Waals surface area (Å²) in [6, 6.07) is 14.2. The van der Waals surface area contributed by atoms with E-state index in [0.717, 1.165) is 37.7 Å². The predicted octanol–water partition coefficient (Wildman–Crippen LogP) is 3.81. The largest absolute Gasteiger partial charge is 0.368 e. The number of amides is 1. The molecule has 0 saturated carbocycles. The number of hydrogen-bond acceptors (Lipinski definition) is 6. The summed E-state index contributed by atoms with van der Waals surface area (Å²) < 4.78 is 26.4. The number of rotatable bonds is 6. The molecule has 1 amide bonds. The van der Waals surface area contributed by atoms with Gasteiger partial charge in [0, 0.05) is 43.6 Å². The fourth-order valence-corrected chi connectivity index (χ4v) is 3.99. The van der Waals surface area contributed by atoms with E-state index in [1.54, 1.807) is 24.3 Å². The van der Waals surface area contributed by atoms with Crippen molar-refractivity contribution in [1.82, 2.24) is 9.97 Å². The highest BCUT2D eigenvalue weighted by Crippen LogP contribution is 2.23. The van der Waals surface area contributed by atoms with Crippen molar-refractivity contribution in [3.8, 4) is 0 Å². The standard InChI is InChI=1S/C22H21F2N5OS/c23-16-4-6-19(7-5-16)28-8-10-29(11-9-28)20-13-22(26-15-25-20)31-14-21(30)27-18-3-1-2-17(24)12-18/h1-7,12-13,15H,8-11,14H2,(H,27,30). The summed E-state index contributed by atoms with van der Waals surface area (Å²) in [5.74, 6) is 0.0968. The Balaban J connectivity index is 1.30. The minimum Gasteiger partial charge on any atom is -0.368 e. The van der Waals surface area contributed by atoms with Crippen molar-refractivity contribution in [2.24, 2.45) is 0 Å². The van der Waals surface area contributed by atoms with E-state index in [1.807, 2.05) is 6.07 Å². The summed E-state index contributed by atoms with van der Waals surface area (Å²) in [7, 11) is 0. The highest BCUT2D eigenvalue weighted by molar-refractivity contribution is 7.99. The zero-order valence-corrected chi connectivity index (χ0v) is 17.5. The molecule has 1 aromatic heterocycles.